The lowest BCUT2D eigenvalue weighted by molar-refractivity contribution is -0.153. The summed E-state index contributed by atoms with van der Waals surface area (Å²) in [6.07, 6.45) is -8.59. The minimum absolute atomic E-state index is 0.0417. The zero-order valence-electron chi connectivity index (χ0n) is 24.5. The quantitative estimate of drug-likeness (QED) is 0.0606. The van der Waals surface area contributed by atoms with Crippen molar-refractivity contribution in [2.24, 2.45) is 5.73 Å². The van der Waals surface area contributed by atoms with Gasteiger partial charge in [-0.25, -0.2) is 0 Å². The number of aliphatic hydroxyl groups is 1. The highest BCUT2D eigenvalue weighted by molar-refractivity contribution is 5.86. The second kappa shape index (κ2) is 16.0. The minimum atomic E-state index is -5.04. The Labute approximate surface area is 257 Å². The highest BCUT2D eigenvalue weighted by Gasteiger charge is 2.41. The van der Waals surface area contributed by atoms with E-state index in [1.807, 2.05) is 0 Å². The highest BCUT2D eigenvalue weighted by Crippen LogP contribution is 2.39. The summed E-state index contributed by atoms with van der Waals surface area (Å²) < 4.78 is 98.2. The fraction of sp³-hybridized carbons (Fsp3) is 0.364. The van der Waals surface area contributed by atoms with Crippen LogP contribution in [-0.2, 0) is 43.4 Å². The predicted octanol–water partition coefficient (Wildman–Crippen LogP) is 7.11. The molecule has 3 rings (SSSR count). The molecule has 3 N–H and O–H groups in total. The monoisotopic (exact) mass is 639 g/mol. The van der Waals surface area contributed by atoms with Crippen LogP contribution in [0.4, 0.5) is 26.3 Å². The minimum Gasteiger partial charge on any atom is -0.460 e. The molecule has 6 nitrogen and oxygen atoms in total. The molecule has 0 aromatic heterocycles. The molecule has 1 unspecified atom stereocenters. The highest BCUT2D eigenvalue weighted by atomic mass is 19.4. The number of halogens is 6. The van der Waals surface area contributed by atoms with Crippen LogP contribution in [0.15, 0.2) is 91.0 Å². The van der Waals surface area contributed by atoms with Gasteiger partial charge in [0.25, 0.3) is 0 Å². The Morgan fingerprint density at radius 2 is 1.44 bits per heavy atom. The van der Waals surface area contributed by atoms with Gasteiger partial charge in [0.15, 0.2) is 0 Å². The second-order valence-electron chi connectivity index (χ2n) is 10.3. The van der Waals surface area contributed by atoms with Gasteiger partial charge in [-0.05, 0) is 48.2 Å². The Hall–Kier alpha value is -3.71. The number of alkyl halides is 6. The molecular formula is C33H35F6NO5. The van der Waals surface area contributed by atoms with E-state index in [-0.39, 0.29) is 37.9 Å². The first-order valence-corrected chi connectivity index (χ1v) is 14.1. The fourth-order valence-electron chi connectivity index (χ4n) is 4.40. The van der Waals surface area contributed by atoms with Crippen molar-refractivity contribution >= 4 is 5.97 Å². The first-order valence-electron chi connectivity index (χ1n) is 14.1. The zero-order valence-corrected chi connectivity index (χ0v) is 24.5. The van der Waals surface area contributed by atoms with Gasteiger partial charge in [0.05, 0.1) is 30.4 Å². The Kier molecular flexibility index (Phi) is 12.7. The molecule has 0 amide bonds. The third-order valence-corrected chi connectivity index (χ3v) is 6.91. The molecule has 0 fully saturated rings. The Balaban J connectivity index is 1.99. The molecule has 12 heteroatoms. The van der Waals surface area contributed by atoms with E-state index >= 15 is 0 Å². The lowest BCUT2D eigenvalue weighted by Crippen LogP contribution is -2.40. The van der Waals surface area contributed by atoms with E-state index in [0.717, 1.165) is 0 Å². The molecule has 0 heterocycles. The Bertz CT molecular complexity index is 1350. The van der Waals surface area contributed by atoms with Gasteiger partial charge in [0.2, 0.25) is 0 Å². The number of hydrogen-bond donors (Lipinski definition) is 2. The first kappa shape index (κ1) is 35.8. The standard InChI is InChI=1S/C33H35F6NO5/c1-23(25-18-27(32(34,35)36)20-28(19-25)33(37,38)39)45-22-31(26-12-6-3-7-13-26,15-8-14-29(40)43-17-9-16-41)30(42)44-21-24-10-4-2-5-11-24/h2-8,10-13,15,18-20,23,29,41H,9,14,16-17,21-22,40H2,1H3/b15-8-/t23-,29?,31-/m1/s1. The van der Waals surface area contributed by atoms with Crippen LogP contribution in [0, 0.1) is 0 Å². The van der Waals surface area contributed by atoms with Crippen LogP contribution < -0.4 is 5.73 Å². The number of esters is 1. The van der Waals surface area contributed by atoms with Gasteiger partial charge in [-0.2, -0.15) is 26.3 Å². The molecule has 3 aromatic carbocycles. The average molecular weight is 640 g/mol. The van der Waals surface area contributed by atoms with Crippen LogP contribution in [0.3, 0.4) is 0 Å². The summed E-state index contributed by atoms with van der Waals surface area (Å²) in [5, 5.41) is 8.97. The summed E-state index contributed by atoms with van der Waals surface area (Å²) in [6, 6.07) is 18.4. The van der Waals surface area contributed by atoms with E-state index in [1.165, 1.54) is 13.0 Å². The number of ether oxygens (including phenoxy) is 3. The predicted molar refractivity (Wildman–Crippen MR) is 155 cm³/mol. The van der Waals surface area contributed by atoms with Gasteiger partial charge in [-0.1, -0.05) is 72.8 Å². The van der Waals surface area contributed by atoms with Crippen LogP contribution >= 0.6 is 0 Å². The van der Waals surface area contributed by atoms with E-state index in [4.69, 9.17) is 25.1 Å². The molecule has 0 aliphatic heterocycles. The second-order valence-corrected chi connectivity index (χ2v) is 10.3. The van der Waals surface area contributed by atoms with Crippen LogP contribution in [-0.4, -0.2) is 37.1 Å². The van der Waals surface area contributed by atoms with E-state index < -0.39 is 53.8 Å². The van der Waals surface area contributed by atoms with Crippen LogP contribution in [0.5, 0.6) is 0 Å². The summed E-state index contributed by atoms with van der Waals surface area (Å²) >= 11 is 0. The number of carbonyl (C=O) groups excluding carboxylic acids is 1. The van der Waals surface area contributed by atoms with Crippen LogP contribution in [0.25, 0.3) is 0 Å². The van der Waals surface area contributed by atoms with Crippen molar-refractivity contribution in [1.82, 2.24) is 0 Å². The van der Waals surface area contributed by atoms with E-state index in [1.54, 1.807) is 66.7 Å². The van der Waals surface area contributed by atoms with Crippen molar-refractivity contribution in [1.29, 1.82) is 0 Å². The molecule has 0 spiro atoms. The number of nitrogens with two attached hydrogens (primary N) is 1. The number of carbonyl (C=O) groups is 1. The molecule has 3 aromatic rings. The maximum absolute atomic E-state index is 13.9. The van der Waals surface area contributed by atoms with Crippen molar-refractivity contribution < 1.29 is 50.5 Å². The van der Waals surface area contributed by atoms with Crippen molar-refractivity contribution in [2.75, 3.05) is 19.8 Å². The van der Waals surface area contributed by atoms with Crippen LogP contribution in [0.2, 0.25) is 0 Å². The molecule has 45 heavy (non-hydrogen) atoms. The summed E-state index contributed by atoms with van der Waals surface area (Å²) in [7, 11) is 0. The van der Waals surface area contributed by atoms with E-state index in [2.05, 4.69) is 0 Å². The average Bonchev–Trinajstić information content (AvgIpc) is 3.01. The number of benzene rings is 3. The zero-order chi connectivity index (χ0) is 33.1. The summed E-state index contributed by atoms with van der Waals surface area (Å²) in [6.45, 7) is 0.810. The maximum atomic E-state index is 13.9. The van der Waals surface area contributed by atoms with Gasteiger partial charge in [-0.15, -0.1) is 0 Å². The molecular weight excluding hydrogens is 604 g/mol. The van der Waals surface area contributed by atoms with Gasteiger partial charge in [0.1, 0.15) is 18.2 Å². The summed E-state index contributed by atoms with van der Waals surface area (Å²) in [5.74, 6) is -0.768. The SMILES string of the molecule is C[C@@H](OC[C@@](/C=C\CC(N)OCCCO)(C(=O)OCc1ccccc1)c1ccccc1)c1cc(C(F)(F)F)cc(C(F)(F)F)c1. The molecule has 0 bridgehead atoms. The molecule has 0 saturated carbocycles. The Morgan fingerprint density at radius 3 is 2.00 bits per heavy atom. The van der Waals surface area contributed by atoms with Crippen LogP contribution in [0.1, 0.15) is 53.7 Å². The normalized spacial score (nSPS) is 15.0. The third-order valence-electron chi connectivity index (χ3n) is 6.91. The third kappa shape index (κ3) is 10.4. The Morgan fingerprint density at radius 1 is 0.867 bits per heavy atom. The molecule has 0 saturated heterocycles. The van der Waals surface area contributed by atoms with Crippen molar-refractivity contribution in [2.45, 2.75) is 56.5 Å². The number of hydrogen-bond acceptors (Lipinski definition) is 6. The topological polar surface area (TPSA) is 91.0 Å². The molecule has 3 atom stereocenters. The molecule has 0 radical (unpaired) electrons. The number of aliphatic hydroxyl groups excluding tert-OH is 1. The smallest absolute Gasteiger partial charge is 0.416 e. The summed E-state index contributed by atoms with van der Waals surface area (Å²) in [5.41, 5.74) is 2.09. The van der Waals surface area contributed by atoms with Gasteiger partial charge >= 0.3 is 18.3 Å². The largest absolute Gasteiger partial charge is 0.460 e. The van der Waals surface area contributed by atoms with E-state index in [0.29, 0.717) is 29.7 Å². The van der Waals surface area contributed by atoms with Crippen molar-refractivity contribution in [3.05, 3.63) is 119 Å². The van der Waals surface area contributed by atoms with E-state index in [9.17, 15) is 31.1 Å². The molecule has 244 valence electrons. The van der Waals surface area contributed by atoms with Crippen molar-refractivity contribution in [3.63, 3.8) is 0 Å². The maximum Gasteiger partial charge on any atom is 0.416 e. The number of rotatable bonds is 15. The summed E-state index contributed by atoms with van der Waals surface area (Å²) in [4.78, 5) is 13.9. The molecule has 0 aliphatic rings. The fourth-order valence-corrected chi connectivity index (χ4v) is 4.40. The first-order chi connectivity index (χ1) is 21.3. The van der Waals surface area contributed by atoms with Gasteiger partial charge in [0, 0.05) is 13.0 Å². The lowest BCUT2D eigenvalue weighted by atomic mass is 9.80. The van der Waals surface area contributed by atoms with Gasteiger partial charge < -0.3 is 25.1 Å². The lowest BCUT2D eigenvalue weighted by Gasteiger charge is -2.31. The molecule has 0 aliphatic carbocycles. The van der Waals surface area contributed by atoms with Crippen molar-refractivity contribution in [3.8, 4) is 0 Å². The van der Waals surface area contributed by atoms with Gasteiger partial charge in [-0.3, -0.25) is 4.79 Å².